The number of aryl methyl sites for hydroxylation is 1. The van der Waals surface area contributed by atoms with Gasteiger partial charge >= 0.3 is 21.6 Å². The molecule has 3 aromatic rings. The Kier molecular flexibility index (Phi) is 8.57. The van der Waals surface area contributed by atoms with Gasteiger partial charge in [-0.05, 0) is 48.9 Å². The molecule has 0 radical (unpaired) electrons. The van der Waals surface area contributed by atoms with Gasteiger partial charge in [0, 0.05) is 28.6 Å². The first-order valence-corrected chi connectivity index (χ1v) is 17.2. The Morgan fingerprint density at radius 1 is 1.15 bits per heavy atom. The molecule has 2 unspecified atom stereocenters. The van der Waals surface area contributed by atoms with Crippen LogP contribution in [0.15, 0.2) is 16.9 Å². The van der Waals surface area contributed by atoms with Crippen LogP contribution >= 0.6 is 15.6 Å². The molecule has 4 heterocycles. The van der Waals surface area contributed by atoms with Gasteiger partial charge < -0.3 is 34.4 Å². The van der Waals surface area contributed by atoms with Crippen LogP contribution < -0.4 is 17.2 Å². The van der Waals surface area contributed by atoms with Crippen molar-refractivity contribution in [2.45, 2.75) is 57.9 Å². The SMILES string of the molecule is CC[C@@]1(OCOP(=O)(O)OP(=O)(O)OCCON)C(=O)OCc2c1cc1n(c2=O)Cc2c-1nc1cc(F)c(C)c3c1c2[C@@H](N)CC3. The van der Waals surface area contributed by atoms with Gasteiger partial charge in [0.25, 0.3) is 5.56 Å². The zero-order valence-corrected chi connectivity index (χ0v) is 26.5. The number of benzene rings is 1. The third-order valence-corrected chi connectivity index (χ3v) is 11.2. The first-order chi connectivity index (χ1) is 21.7. The van der Waals surface area contributed by atoms with E-state index in [1.165, 1.54) is 10.6 Å². The van der Waals surface area contributed by atoms with Crippen molar-refractivity contribution in [3.63, 3.8) is 0 Å². The number of rotatable bonds is 11. The van der Waals surface area contributed by atoms with E-state index in [-0.39, 0.29) is 43.3 Å². The average Bonchev–Trinajstić information content (AvgIpc) is 3.35. The van der Waals surface area contributed by atoms with Crippen molar-refractivity contribution in [1.29, 1.82) is 0 Å². The van der Waals surface area contributed by atoms with Crippen LogP contribution in [0.4, 0.5) is 4.39 Å². The molecule has 19 heteroatoms. The van der Waals surface area contributed by atoms with Gasteiger partial charge in [0.2, 0.25) is 0 Å². The van der Waals surface area contributed by atoms with E-state index in [2.05, 4.69) is 13.7 Å². The summed E-state index contributed by atoms with van der Waals surface area (Å²) in [7, 11) is -10.4. The van der Waals surface area contributed by atoms with E-state index in [9.17, 15) is 32.9 Å². The van der Waals surface area contributed by atoms with E-state index in [4.69, 9.17) is 30.6 Å². The Morgan fingerprint density at radius 3 is 2.61 bits per heavy atom. The van der Waals surface area contributed by atoms with Gasteiger partial charge in [-0.3, -0.25) is 13.8 Å². The Hall–Kier alpha value is -2.92. The van der Waals surface area contributed by atoms with Crippen LogP contribution in [-0.2, 0) is 66.8 Å². The second kappa shape index (κ2) is 12.0. The van der Waals surface area contributed by atoms with Gasteiger partial charge in [-0.15, -0.1) is 0 Å². The predicted octanol–water partition coefficient (Wildman–Crippen LogP) is 2.60. The second-order valence-corrected chi connectivity index (χ2v) is 14.1. The zero-order chi connectivity index (χ0) is 33.2. The van der Waals surface area contributed by atoms with Crippen LogP contribution in [-0.4, -0.2) is 45.3 Å². The number of hydrogen-bond donors (Lipinski definition) is 4. The van der Waals surface area contributed by atoms with Crippen molar-refractivity contribution in [3.8, 4) is 11.4 Å². The minimum atomic E-state index is -5.29. The van der Waals surface area contributed by atoms with Gasteiger partial charge in [0.05, 0.1) is 42.2 Å². The second-order valence-electron chi connectivity index (χ2n) is 11.0. The first-order valence-electron chi connectivity index (χ1n) is 14.2. The largest absolute Gasteiger partial charge is 0.483 e. The van der Waals surface area contributed by atoms with Crippen LogP contribution in [0.25, 0.3) is 22.3 Å². The van der Waals surface area contributed by atoms with Gasteiger partial charge in [-0.25, -0.2) is 29.2 Å². The lowest BCUT2D eigenvalue weighted by atomic mass is 9.82. The molecular formula is C27H31FN4O12P2. The molecule has 6 rings (SSSR count). The third kappa shape index (κ3) is 5.45. The molecule has 0 amide bonds. The summed E-state index contributed by atoms with van der Waals surface area (Å²) in [5.74, 6) is 3.48. The Morgan fingerprint density at radius 2 is 1.89 bits per heavy atom. The molecule has 46 heavy (non-hydrogen) atoms. The van der Waals surface area contributed by atoms with Gasteiger partial charge in [0.1, 0.15) is 12.4 Å². The summed E-state index contributed by atoms with van der Waals surface area (Å²) in [6.45, 7) is 1.07. The Labute approximate surface area is 260 Å². The minimum Gasteiger partial charge on any atom is -0.458 e. The number of carbonyl (C=O) groups is 1. The van der Waals surface area contributed by atoms with E-state index in [1.807, 2.05) is 0 Å². The molecule has 4 atom stereocenters. The fourth-order valence-corrected chi connectivity index (χ4v) is 8.30. The fourth-order valence-electron chi connectivity index (χ4n) is 6.39. The third-order valence-electron chi connectivity index (χ3n) is 8.57. The van der Waals surface area contributed by atoms with Crippen LogP contribution in [0.3, 0.4) is 0 Å². The fraction of sp³-hybridized carbons (Fsp3) is 0.444. The molecule has 0 fully saturated rings. The number of nitrogens with zero attached hydrogens (tertiary/aromatic N) is 2. The van der Waals surface area contributed by atoms with Crippen molar-refractivity contribution in [2.75, 3.05) is 20.0 Å². The lowest BCUT2D eigenvalue weighted by Crippen LogP contribution is -2.46. The maximum atomic E-state index is 14.9. The number of hydrogen-bond acceptors (Lipinski definition) is 13. The van der Waals surface area contributed by atoms with Crippen molar-refractivity contribution in [2.24, 2.45) is 11.6 Å². The summed E-state index contributed by atoms with van der Waals surface area (Å²) in [5, 5.41) is 0.783. The molecule has 6 N–H and O–H groups in total. The van der Waals surface area contributed by atoms with E-state index in [1.54, 1.807) is 19.9 Å². The number of nitrogens with two attached hydrogens (primary N) is 2. The molecule has 0 spiro atoms. The molecule has 2 aromatic heterocycles. The normalized spacial score (nSPS) is 22.5. The first kappa shape index (κ1) is 33.0. The van der Waals surface area contributed by atoms with E-state index < -0.39 is 52.0 Å². The highest BCUT2D eigenvalue weighted by Crippen LogP contribution is 2.60. The number of ether oxygens (including phenoxy) is 2. The van der Waals surface area contributed by atoms with Crippen LogP contribution in [0.1, 0.15) is 59.2 Å². The number of halogens is 1. The lowest BCUT2D eigenvalue weighted by molar-refractivity contribution is -0.192. The van der Waals surface area contributed by atoms with E-state index in [0.717, 1.165) is 22.1 Å². The van der Waals surface area contributed by atoms with E-state index in [0.29, 0.717) is 35.3 Å². The molecule has 0 saturated carbocycles. The minimum absolute atomic E-state index is 0.0990. The molecule has 0 saturated heterocycles. The topological polar surface area (TPSA) is 234 Å². The number of phosphoric acid groups is 2. The summed E-state index contributed by atoms with van der Waals surface area (Å²) in [4.78, 5) is 55.8. The molecule has 248 valence electrons. The van der Waals surface area contributed by atoms with E-state index >= 15 is 0 Å². The average molecular weight is 685 g/mol. The van der Waals surface area contributed by atoms with Gasteiger partial charge in [-0.2, -0.15) is 4.31 Å². The summed E-state index contributed by atoms with van der Waals surface area (Å²) in [5.41, 5.74) is 8.33. The van der Waals surface area contributed by atoms with Crippen LogP contribution in [0, 0.1) is 12.7 Å². The van der Waals surface area contributed by atoms with Crippen molar-refractivity contribution in [3.05, 3.63) is 61.7 Å². The maximum Gasteiger partial charge on any atom is 0.483 e. The van der Waals surface area contributed by atoms with Gasteiger partial charge in [-0.1, -0.05) is 6.92 Å². The molecule has 0 bridgehead atoms. The summed E-state index contributed by atoms with van der Waals surface area (Å²) in [6.07, 6.45) is 1.05. The summed E-state index contributed by atoms with van der Waals surface area (Å²) < 4.78 is 65.2. The van der Waals surface area contributed by atoms with Crippen LogP contribution in [0.5, 0.6) is 0 Å². The highest BCUT2D eigenvalue weighted by molar-refractivity contribution is 7.61. The van der Waals surface area contributed by atoms with Gasteiger partial charge in [0.15, 0.2) is 12.4 Å². The number of pyridine rings is 2. The number of phosphoric ester groups is 2. The number of carbonyl (C=O) groups excluding carboxylic acids is 1. The molecule has 1 aliphatic carbocycles. The highest BCUT2D eigenvalue weighted by Gasteiger charge is 2.49. The molecule has 16 nitrogen and oxygen atoms in total. The van der Waals surface area contributed by atoms with Crippen LogP contribution in [0.2, 0.25) is 0 Å². The number of fused-ring (bicyclic) bond motifs is 5. The van der Waals surface area contributed by atoms with Crippen molar-refractivity contribution in [1.82, 2.24) is 9.55 Å². The smallest absolute Gasteiger partial charge is 0.458 e. The standard InChI is InChI=1S/C27H31FN4O12P2/c1-3-27(40-12-43-46(37,38)44-45(35,36)42-7-6-41-30)17-8-21-24-15(10-32(21)25(33)16(17)11-39-26(27)34)22-19(29)5-4-14-13(2)18(28)9-20(31-24)23(14)22/h8-9,19H,3-7,10-12,29-30H2,1-2H3,(H,35,36)(H,37,38)/t19-,27-/m0/s1. The Bertz CT molecular complexity index is 1940. The molecule has 1 aromatic carbocycles. The maximum absolute atomic E-state index is 14.9. The Balaban J connectivity index is 1.38. The molecule has 2 aliphatic heterocycles. The predicted molar refractivity (Wildman–Crippen MR) is 156 cm³/mol. The monoisotopic (exact) mass is 684 g/mol. The molecule has 3 aliphatic rings. The number of cyclic esters (lactones) is 1. The van der Waals surface area contributed by atoms with Crippen molar-refractivity contribution >= 4 is 32.5 Å². The quantitative estimate of drug-likeness (QED) is 0.0584. The molecular weight excluding hydrogens is 653 g/mol. The number of aromatic nitrogens is 2. The highest BCUT2D eigenvalue weighted by atomic mass is 31.3. The summed E-state index contributed by atoms with van der Waals surface area (Å²) in [6, 6.07) is 2.53. The lowest BCUT2D eigenvalue weighted by Gasteiger charge is -2.36. The number of esters is 1. The summed E-state index contributed by atoms with van der Waals surface area (Å²) >= 11 is 0. The van der Waals surface area contributed by atoms with Crippen molar-refractivity contribution < 1.29 is 55.8 Å². The zero-order valence-electron chi connectivity index (χ0n) is 24.7.